The van der Waals surface area contributed by atoms with Gasteiger partial charge >= 0.3 is 0 Å². The second-order valence-electron chi connectivity index (χ2n) is 3.33. The first-order chi connectivity index (χ1) is 7.67. The van der Waals surface area contributed by atoms with Gasteiger partial charge in [-0.15, -0.1) is 11.8 Å². The molecule has 3 N–H and O–H groups in total. The molecule has 0 aliphatic rings. The molecule has 0 bridgehead atoms. The van der Waals surface area contributed by atoms with Gasteiger partial charge in [0.25, 0.3) is 0 Å². The molecule has 0 amide bonds. The average molecular weight is 243 g/mol. The van der Waals surface area contributed by atoms with E-state index in [1.165, 1.54) is 11.8 Å². The van der Waals surface area contributed by atoms with Crippen LogP contribution in [0.2, 0.25) is 0 Å². The molecule has 16 heavy (non-hydrogen) atoms. The molecule has 0 saturated heterocycles. The van der Waals surface area contributed by atoms with E-state index in [0.29, 0.717) is 18.0 Å². The molecule has 1 aromatic carbocycles. The maximum Gasteiger partial charge on any atom is 0.134 e. The van der Waals surface area contributed by atoms with Crippen molar-refractivity contribution in [2.45, 2.75) is 11.0 Å². The van der Waals surface area contributed by atoms with Crippen LogP contribution in [-0.2, 0) is 4.74 Å². The second-order valence-corrected chi connectivity index (χ2v) is 4.39. The first-order valence-corrected chi connectivity index (χ1v) is 5.89. The summed E-state index contributed by atoms with van der Waals surface area (Å²) in [4.78, 5) is 0.965. The summed E-state index contributed by atoms with van der Waals surface area (Å²) in [5, 5.41) is 9.52. The molecule has 0 saturated carbocycles. The Labute approximate surface area is 99.7 Å². The highest BCUT2D eigenvalue weighted by Gasteiger charge is 2.08. The van der Waals surface area contributed by atoms with Gasteiger partial charge in [0.1, 0.15) is 5.75 Å². The summed E-state index contributed by atoms with van der Waals surface area (Å²) in [6.07, 6.45) is -0.475. The summed E-state index contributed by atoms with van der Waals surface area (Å²) < 4.78 is 10.1. The van der Waals surface area contributed by atoms with Crippen molar-refractivity contribution in [1.29, 1.82) is 0 Å². The van der Waals surface area contributed by atoms with Crippen molar-refractivity contribution in [2.75, 3.05) is 32.3 Å². The lowest BCUT2D eigenvalue weighted by molar-refractivity contribution is 0.0794. The van der Waals surface area contributed by atoms with E-state index in [1.807, 2.05) is 12.1 Å². The highest BCUT2D eigenvalue weighted by molar-refractivity contribution is 7.99. The van der Waals surface area contributed by atoms with Gasteiger partial charge in [-0.25, -0.2) is 0 Å². The third-order valence-electron chi connectivity index (χ3n) is 1.98. The van der Waals surface area contributed by atoms with Crippen LogP contribution in [0.25, 0.3) is 0 Å². The normalized spacial score (nSPS) is 12.4. The van der Waals surface area contributed by atoms with Crippen LogP contribution in [0.4, 0.5) is 5.69 Å². The number of hydrogen-bond donors (Lipinski definition) is 2. The molecule has 1 atom stereocenters. The zero-order chi connectivity index (χ0) is 12.0. The van der Waals surface area contributed by atoms with Crippen molar-refractivity contribution in [3.8, 4) is 5.75 Å². The van der Waals surface area contributed by atoms with Gasteiger partial charge < -0.3 is 20.3 Å². The fourth-order valence-electron chi connectivity index (χ4n) is 1.23. The van der Waals surface area contributed by atoms with Crippen LogP contribution in [-0.4, -0.2) is 37.8 Å². The number of nitrogens with two attached hydrogens (primary N) is 1. The van der Waals surface area contributed by atoms with Gasteiger partial charge in [-0.2, -0.15) is 0 Å². The SMILES string of the molecule is COCC(O)CSc1ccc(N)cc1OC. The first kappa shape index (κ1) is 13.2. The first-order valence-electron chi connectivity index (χ1n) is 4.90. The molecule has 0 aliphatic heterocycles. The quantitative estimate of drug-likeness (QED) is 0.583. The summed E-state index contributed by atoms with van der Waals surface area (Å²) in [6, 6.07) is 5.47. The number of anilines is 1. The topological polar surface area (TPSA) is 64.7 Å². The number of ether oxygens (including phenoxy) is 2. The minimum Gasteiger partial charge on any atom is -0.496 e. The van der Waals surface area contributed by atoms with Crippen molar-refractivity contribution >= 4 is 17.4 Å². The third kappa shape index (κ3) is 3.92. The Hall–Kier alpha value is -0.910. The fraction of sp³-hybridized carbons (Fsp3) is 0.455. The molecule has 0 spiro atoms. The number of thioether (sulfide) groups is 1. The summed E-state index contributed by atoms with van der Waals surface area (Å²) in [5.74, 6) is 1.29. The van der Waals surface area contributed by atoms with Crippen LogP contribution in [0.15, 0.2) is 23.1 Å². The van der Waals surface area contributed by atoms with Crippen LogP contribution in [0.5, 0.6) is 5.75 Å². The summed E-state index contributed by atoms with van der Waals surface area (Å²) in [5.41, 5.74) is 6.31. The van der Waals surface area contributed by atoms with E-state index in [4.69, 9.17) is 15.2 Å². The Bertz CT molecular complexity index is 333. The largest absolute Gasteiger partial charge is 0.496 e. The van der Waals surface area contributed by atoms with Crippen LogP contribution in [0.1, 0.15) is 0 Å². The van der Waals surface area contributed by atoms with Gasteiger partial charge in [-0.05, 0) is 12.1 Å². The Morgan fingerprint density at radius 2 is 2.19 bits per heavy atom. The van der Waals surface area contributed by atoms with Crippen molar-refractivity contribution in [1.82, 2.24) is 0 Å². The lowest BCUT2D eigenvalue weighted by Gasteiger charge is -2.11. The molecule has 0 fully saturated rings. The Balaban J connectivity index is 2.59. The number of aliphatic hydroxyl groups is 1. The second kappa shape index (κ2) is 6.62. The van der Waals surface area contributed by atoms with Crippen LogP contribution in [0, 0.1) is 0 Å². The molecule has 1 aromatic rings. The van der Waals surface area contributed by atoms with Gasteiger partial charge in [-0.1, -0.05) is 0 Å². The van der Waals surface area contributed by atoms with E-state index in [1.54, 1.807) is 20.3 Å². The van der Waals surface area contributed by atoms with Gasteiger partial charge in [0.2, 0.25) is 0 Å². The van der Waals surface area contributed by atoms with Crippen LogP contribution < -0.4 is 10.5 Å². The standard InChI is InChI=1S/C11H17NO3S/c1-14-6-9(13)7-16-11-4-3-8(12)5-10(11)15-2/h3-5,9,13H,6-7,12H2,1-2H3. The number of nitrogen functional groups attached to an aromatic ring is 1. The lowest BCUT2D eigenvalue weighted by atomic mass is 10.3. The minimum atomic E-state index is -0.475. The van der Waals surface area contributed by atoms with E-state index in [2.05, 4.69) is 0 Å². The monoisotopic (exact) mass is 243 g/mol. The molecule has 4 nitrogen and oxygen atoms in total. The van der Waals surface area contributed by atoms with Gasteiger partial charge in [-0.3, -0.25) is 0 Å². The summed E-state index contributed by atoms with van der Waals surface area (Å²) >= 11 is 1.52. The maximum atomic E-state index is 9.52. The van der Waals surface area contributed by atoms with E-state index >= 15 is 0 Å². The van der Waals surface area contributed by atoms with Crippen LogP contribution >= 0.6 is 11.8 Å². The smallest absolute Gasteiger partial charge is 0.134 e. The van der Waals surface area contributed by atoms with E-state index < -0.39 is 6.10 Å². The number of hydrogen-bond acceptors (Lipinski definition) is 5. The number of methoxy groups -OCH3 is 2. The molecule has 90 valence electrons. The molecule has 1 rings (SSSR count). The van der Waals surface area contributed by atoms with E-state index in [9.17, 15) is 5.11 Å². The highest BCUT2D eigenvalue weighted by Crippen LogP contribution is 2.31. The molecule has 5 heteroatoms. The molecular formula is C11H17NO3S. The van der Waals surface area contributed by atoms with Crippen molar-refractivity contribution in [3.63, 3.8) is 0 Å². The maximum absolute atomic E-state index is 9.52. The third-order valence-corrected chi connectivity index (χ3v) is 3.18. The summed E-state index contributed by atoms with van der Waals surface area (Å²) in [7, 11) is 3.17. The zero-order valence-corrected chi connectivity index (χ0v) is 10.3. The molecule has 1 unspecified atom stereocenters. The Kier molecular flexibility index (Phi) is 5.45. The zero-order valence-electron chi connectivity index (χ0n) is 9.47. The Morgan fingerprint density at radius 3 is 2.81 bits per heavy atom. The number of benzene rings is 1. The van der Waals surface area contributed by atoms with Crippen molar-refractivity contribution < 1.29 is 14.6 Å². The summed E-state index contributed by atoms with van der Waals surface area (Å²) in [6.45, 7) is 0.338. The van der Waals surface area contributed by atoms with Gasteiger partial charge in [0.15, 0.2) is 0 Å². The lowest BCUT2D eigenvalue weighted by Crippen LogP contribution is -2.16. The molecular weight excluding hydrogens is 226 g/mol. The highest BCUT2D eigenvalue weighted by atomic mass is 32.2. The van der Waals surface area contributed by atoms with Gasteiger partial charge in [0, 0.05) is 29.5 Å². The molecule has 0 aromatic heterocycles. The van der Waals surface area contributed by atoms with Crippen molar-refractivity contribution in [3.05, 3.63) is 18.2 Å². The predicted molar refractivity (Wildman–Crippen MR) is 66.0 cm³/mol. The Morgan fingerprint density at radius 1 is 1.44 bits per heavy atom. The molecule has 0 aliphatic carbocycles. The van der Waals surface area contributed by atoms with Crippen LogP contribution in [0.3, 0.4) is 0 Å². The van der Waals surface area contributed by atoms with Gasteiger partial charge in [0.05, 0.1) is 19.8 Å². The van der Waals surface area contributed by atoms with E-state index in [0.717, 1.165) is 10.6 Å². The number of rotatable bonds is 6. The van der Waals surface area contributed by atoms with E-state index in [-0.39, 0.29) is 0 Å². The molecule has 0 heterocycles. The molecule has 0 radical (unpaired) electrons. The number of aliphatic hydroxyl groups excluding tert-OH is 1. The predicted octanol–water partition coefficient (Wildman–Crippen LogP) is 1.38. The minimum absolute atomic E-state index is 0.338. The average Bonchev–Trinajstić information content (AvgIpc) is 2.27. The fourth-order valence-corrected chi connectivity index (χ4v) is 2.15. The van der Waals surface area contributed by atoms with Crippen molar-refractivity contribution in [2.24, 2.45) is 0 Å².